The smallest absolute Gasteiger partial charge is 0.0654 e. The second-order valence-electron chi connectivity index (χ2n) is 5.53. The fraction of sp³-hybridized carbons (Fsp3) is 0.471. The van der Waals surface area contributed by atoms with Crippen molar-refractivity contribution < 1.29 is 0 Å². The molecule has 1 aliphatic heterocycles. The SMILES string of the molecule is CCc1cnc2c(c1)N([C@H](CCNC)c1cccs1)CC2. The predicted molar refractivity (Wildman–Crippen MR) is 90.3 cm³/mol. The van der Waals surface area contributed by atoms with E-state index in [1.165, 1.54) is 21.8 Å². The molecule has 2 aromatic rings. The molecule has 1 N–H and O–H groups in total. The second-order valence-corrected chi connectivity index (χ2v) is 6.51. The molecular formula is C17H23N3S. The Labute approximate surface area is 131 Å². The molecule has 0 aromatic carbocycles. The van der Waals surface area contributed by atoms with Gasteiger partial charge in [0.1, 0.15) is 0 Å². The maximum atomic E-state index is 4.67. The molecule has 0 fully saturated rings. The molecular weight excluding hydrogens is 278 g/mol. The van der Waals surface area contributed by atoms with Crippen LogP contribution in [0.3, 0.4) is 0 Å². The van der Waals surface area contributed by atoms with Gasteiger partial charge in [-0.1, -0.05) is 13.0 Å². The van der Waals surface area contributed by atoms with Gasteiger partial charge in [0.2, 0.25) is 0 Å². The maximum Gasteiger partial charge on any atom is 0.0654 e. The third kappa shape index (κ3) is 2.97. The largest absolute Gasteiger partial charge is 0.362 e. The normalized spacial score (nSPS) is 15.2. The van der Waals surface area contributed by atoms with Gasteiger partial charge in [0.15, 0.2) is 0 Å². The number of aromatic nitrogens is 1. The van der Waals surface area contributed by atoms with Gasteiger partial charge in [-0.05, 0) is 49.5 Å². The van der Waals surface area contributed by atoms with Crippen LogP contribution < -0.4 is 10.2 Å². The molecule has 21 heavy (non-hydrogen) atoms. The number of nitrogens with one attached hydrogen (secondary N) is 1. The van der Waals surface area contributed by atoms with E-state index in [-0.39, 0.29) is 0 Å². The van der Waals surface area contributed by atoms with E-state index >= 15 is 0 Å². The third-order valence-electron chi connectivity index (χ3n) is 4.23. The summed E-state index contributed by atoms with van der Waals surface area (Å²) in [5, 5.41) is 5.47. The standard InChI is InChI=1S/C17H23N3S/c1-3-13-11-16-14(19-12-13)7-9-20(16)15(6-8-18-2)17-5-4-10-21-17/h4-5,10-12,15,18H,3,6-9H2,1-2H3/t15-/m1/s1. The van der Waals surface area contributed by atoms with Crippen molar-refractivity contribution in [1.29, 1.82) is 0 Å². The topological polar surface area (TPSA) is 28.2 Å². The number of thiophene rings is 1. The fourth-order valence-electron chi connectivity index (χ4n) is 3.04. The second kappa shape index (κ2) is 6.58. The van der Waals surface area contributed by atoms with Gasteiger partial charge in [0.25, 0.3) is 0 Å². The summed E-state index contributed by atoms with van der Waals surface area (Å²) in [6, 6.07) is 7.23. The molecule has 112 valence electrons. The van der Waals surface area contributed by atoms with E-state index in [4.69, 9.17) is 0 Å². The summed E-state index contributed by atoms with van der Waals surface area (Å²) < 4.78 is 0. The van der Waals surface area contributed by atoms with Gasteiger partial charge >= 0.3 is 0 Å². The van der Waals surface area contributed by atoms with Gasteiger partial charge in [-0.25, -0.2) is 0 Å². The summed E-state index contributed by atoms with van der Waals surface area (Å²) in [5.74, 6) is 0. The lowest BCUT2D eigenvalue weighted by atomic mass is 10.1. The molecule has 0 saturated carbocycles. The van der Waals surface area contributed by atoms with E-state index in [2.05, 4.69) is 45.7 Å². The number of nitrogens with zero attached hydrogens (tertiary/aromatic N) is 2. The first-order chi connectivity index (χ1) is 10.3. The Morgan fingerprint density at radius 1 is 1.48 bits per heavy atom. The molecule has 0 spiro atoms. The first-order valence-electron chi connectivity index (χ1n) is 7.76. The third-order valence-corrected chi connectivity index (χ3v) is 5.20. The van der Waals surface area contributed by atoms with Crippen LogP contribution in [-0.4, -0.2) is 25.1 Å². The molecule has 3 nitrogen and oxygen atoms in total. The Balaban J connectivity index is 1.91. The number of hydrogen-bond acceptors (Lipinski definition) is 4. The molecule has 3 heterocycles. The summed E-state index contributed by atoms with van der Waals surface area (Å²) >= 11 is 1.86. The van der Waals surface area contributed by atoms with Crippen LogP contribution in [0.4, 0.5) is 5.69 Å². The van der Waals surface area contributed by atoms with E-state index in [0.717, 1.165) is 32.4 Å². The Bertz CT molecular complexity index is 580. The number of anilines is 1. The average Bonchev–Trinajstić information content (AvgIpc) is 3.17. The highest BCUT2D eigenvalue weighted by molar-refractivity contribution is 7.10. The molecule has 0 radical (unpaired) electrons. The van der Waals surface area contributed by atoms with Crippen molar-refractivity contribution in [3.8, 4) is 0 Å². The minimum Gasteiger partial charge on any atom is -0.362 e. The van der Waals surface area contributed by atoms with E-state index in [9.17, 15) is 0 Å². The lowest BCUT2D eigenvalue weighted by molar-refractivity contribution is 0.576. The van der Waals surface area contributed by atoms with Crippen molar-refractivity contribution in [1.82, 2.24) is 10.3 Å². The molecule has 1 atom stereocenters. The van der Waals surface area contributed by atoms with Crippen molar-refractivity contribution in [2.75, 3.05) is 25.0 Å². The number of fused-ring (bicyclic) bond motifs is 1. The summed E-state index contributed by atoms with van der Waals surface area (Å²) in [6.45, 7) is 4.32. The molecule has 0 unspecified atom stereocenters. The molecule has 0 bridgehead atoms. The summed E-state index contributed by atoms with van der Waals surface area (Å²) in [6.07, 6.45) is 5.29. The van der Waals surface area contributed by atoms with Crippen LogP contribution in [0.2, 0.25) is 0 Å². The Morgan fingerprint density at radius 2 is 2.38 bits per heavy atom. The van der Waals surface area contributed by atoms with Crippen LogP contribution in [0.25, 0.3) is 0 Å². The Morgan fingerprint density at radius 3 is 3.10 bits per heavy atom. The fourth-order valence-corrected chi connectivity index (χ4v) is 3.92. The Hall–Kier alpha value is -1.39. The zero-order chi connectivity index (χ0) is 14.7. The van der Waals surface area contributed by atoms with Crippen molar-refractivity contribution >= 4 is 17.0 Å². The highest BCUT2D eigenvalue weighted by Gasteiger charge is 2.28. The Kier molecular flexibility index (Phi) is 4.56. The quantitative estimate of drug-likeness (QED) is 0.886. The van der Waals surface area contributed by atoms with Gasteiger partial charge in [0, 0.05) is 24.0 Å². The molecule has 0 amide bonds. The molecule has 4 heteroatoms. The maximum absolute atomic E-state index is 4.67. The van der Waals surface area contributed by atoms with E-state index in [0.29, 0.717) is 6.04 Å². The monoisotopic (exact) mass is 301 g/mol. The molecule has 0 saturated heterocycles. The zero-order valence-electron chi connectivity index (χ0n) is 12.8. The van der Waals surface area contributed by atoms with Gasteiger partial charge in [-0.2, -0.15) is 0 Å². The lowest BCUT2D eigenvalue weighted by Gasteiger charge is -2.30. The lowest BCUT2D eigenvalue weighted by Crippen LogP contribution is -2.28. The van der Waals surface area contributed by atoms with Crippen LogP contribution in [0.15, 0.2) is 29.8 Å². The van der Waals surface area contributed by atoms with Gasteiger partial charge < -0.3 is 10.2 Å². The predicted octanol–water partition coefficient (Wildman–Crippen LogP) is 3.42. The van der Waals surface area contributed by atoms with E-state index in [1.807, 2.05) is 24.6 Å². The van der Waals surface area contributed by atoms with Crippen LogP contribution in [0.5, 0.6) is 0 Å². The number of aryl methyl sites for hydroxylation is 1. The summed E-state index contributed by atoms with van der Waals surface area (Å²) in [4.78, 5) is 8.69. The first-order valence-corrected chi connectivity index (χ1v) is 8.64. The average molecular weight is 301 g/mol. The van der Waals surface area contributed by atoms with Crippen molar-refractivity contribution in [2.24, 2.45) is 0 Å². The van der Waals surface area contributed by atoms with Crippen molar-refractivity contribution in [2.45, 2.75) is 32.2 Å². The highest BCUT2D eigenvalue weighted by Crippen LogP contribution is 2.37. The zero-order valence-corrected chi connectivity index (χ0v) is 13.6. The molecule has 0 aliphatic carbocycles. The molecule has 3 rings (SSSR count). The van der Waals surface area contributed by atoms with Crippen LogP contribution in [-0.2, 0) is 12.8 Å². The van der Waals surface area contributed by atoms with E-state index in [1.54, 1.807) is 0 Å². The van der Waals surface area contributed by atoms with E-state index < -0.39 is 0 Å². The van der Waals surface area contributed by atoms with Gasteiger partial charge in [-0.15, -0.1) is 11.3 Å². The van der Waals surface area contributed by atoms with Crippen LogP contribution in [0.1, 0.15) is 35.5 Å². The van der Waals surface area contributed by atoms with Crippen LogP contribution in [0, 0.1) is 0 Å². The number of rotatable bonds is 6. The first kappa shape index (κ1) is 14.5. The number of pyridine rings is 1. The van der Waals surface area contributed by atoms with Gasteiger partial charge in [0.05, 0.1) is 17.4 Å². The van der Waals surface area contributed by atoms with Crippen molar-refractivity contribution in [3.63, 3.8) is 0 Å². The van der Waals surface area contributed by atoms with Crippen LogP contribution >= 0.6 is 11.3 Å². The minimum absolute atomic E-state index is 0.465. The van der Waals surface area contributed by atoms with Gasteiger partial charge in [-0.3, -0.25) is 4.98 Å². The van der Waals surface area contributed by atoms with Crippen molar-refractivity contribution in [3.05, 3.63) is 45.9 Å². The number of hydrogen-bond donors (Lipinski definition) is 1. The minimum atomic E-state index is 0.465. The highest BCUT2D eigenvalue weighted by atomic mass is 32.1. The summed E-state index contributed by atoms with van der Waals surface area (Å²) in [7, 11) is 2.03. The molecule has 2 aromatic heterocycles. The summed E-state index contributed by atoms with van der Waals surface area (Å²) in [5.41, 5.74) is 3.95. The molecule has 1 aliphatic rings.